The highest BCUT2D eigenvalue weighted by Gasteiger charge is 2.38. The molecular weight excluding hydrogens is 166 g/mol. The molecule has 0 spiro atoms. The average molecular weight is 183 g/mol. The van der Waals surface area contributed by atoms with E-state index in [1.165, 1.54) is 45.6 Å². The van der Waals surface area contributed by atoms with Crippen molar-refractivity contribution in [2.75, 3.05) is 7.11 Å². The van der Waals surface area contributed by atoms with Crippen molar-refractivity contribution in [1.29, 1.82) is 0 Å². The van der Waals surface area contributed by atoms with E-state index in [9.17, 15) is 4.79 Å². The van der Waals surface area contributed by atoms with E-state index in [1.807, 2.05) is 4.90 Å². The van der Waals surface area contributed by atoms with Crippen LogP contribution < -0.4 is 0 Å². The number of hydrogen-bond donors (Lipinski definition) is 0. The monoisotopic (exact) mass is 183 g/mol. The molecule has 0 saturated carbocycles. The Labute approximate surface area is 79.0 Å². The van der Waals surface area contributed by atoms with Crippen LogP contribution in [0.3, 0.4) is 0 Å². The minimum absolute atomic E-state index is 0.116. The number of ether oxygens (including phenoxy) is 1. The van der Waals surface area contributed by atoms with E-state index in [4.69, 9.17) is 4.74 Å². The van der Waals surface area contributed by atoms with Gasteiger partial charge in [-0.15, -0.1) is 0 Å². The first-order chi connectivity index (χ1) is 6.33. The molecule has 74 valence electrons. The Morgan fingerprint density at radius 3 is 2.15 bits per heavy atom. The Morgan fingerprint density at radius 1 is 1.15 bits per heavy atom. The van der Waals surface area contributed by atoms with Crippen molar-refractivity contribution in [3.8, 4) is 0 Å². The van der Waals surface area contributed by atoms with Crippen molar-refractivity contribution in [1.82, 2.24) is 4.90 Å². The Hall–Kier alpha value is -0.730. The zero-order chi connectivity index (χ0) is 9.26. The third kappa shape index (κ3) is 1.52. The zero-order valence-corrected chi connectivity index (χ0v) is 8.16. The van der Waals surface area contributed by atoms with Crippen LogP contribution in [0.25, 0.3) is 0 Å². The predicted octanol–water partition coefficient (Wildman–Crippen LogP) is 2.16. The van der Waals surface area contributed by atoms with Crippen molar-refractivity contribution in [2.24, 2.45) is 0 Å². The second-order valence-corrected chi connectivity index (χ2v) is 4.05. The number of amides is 1. The van der Waals surface area contributed by atoms with Crippen LogP contribution >= 0.6 is 0 Å². The normalized spacial score (nSPS) is 32.8. The van der Waals surface area contributed by atoms with E-state index in [1.54, 1.807) is 0 Å². The summed E-state index contributed by atoms with van der Waals surface area (Å²) in [5.41, 5.74) is 0. The Balaban J connectivity index is 2.11. The maximum atomic E-state index is 11.5. The fourth-order valence-electron chi connectivity index (χ4n) is 2.69. The molecule has 0 N–H and O–H groups in total. The highest BCUT2D eigenvalue weighted by Crippen LogP contribution is 2.34. The van der Waals surface area contributed by atoms with Crippen LogP contribution in [0.15, 0.2) is 0 Å². The van der Waals surface area contributed by atoms with Gasteiger partial charge in [0.15, 0.2) is 0 Å². The summed E-state index contributed by atoms with van der Waals surface area (Å²) < 4.78 is 4.81. The van der Waals surface area contributed by atoms with Gasteiger partial charge < -0.3 is 9.64 Å². The van der Waals surface area contributed by atoms with E-state index >= 15 is 0 Å². The third-order valence-electron chi connectivity index (χ3n) is 3.33. The molecule has 2 atom stereocenters. The van der Waals surface area contributed by atoms with Gasteiger partial charge in [-0.25, -0.2) is 4.79 Å². The van der Waals surface area contributed by atoms with Crippen LogP contribution in [0.4, 0.5) is 4.79 Å². The summed E-state index contributed by atoms with van der Waals surface area (Å²) in [6.07, 6.45) is 7.13. The summed E-state index contributed by atoms with van der Waals surface area (Å²) in [7, 11) is 1.48. The lowest BCUT2D eigenvalue weighted by molar-refractivity contribution is 0.103. The lowest BCUT2D eigenvalue weighted by Crippen LogP contribution is -2.39. The zero-order valence-electron chi connectivity index (χ0n) is 8.16. The Morgan fingerprint density at radius 2 is 1.69 bits per heavy atom. The van der Waals surface area contributed by atoms with Gasteiger partial charge in [-0.05, 0) is 25.7 Å². The summed E-state index contributed by atoms with van der Waals surface area (Å²) in [5, 5.41) is 0. The fraction of sp³-hybridized carbons (Fsp3) is 0.900. The van der Waals surface area contributed by atoms with E-state index in [2.05, 4.69) is 0 Å². The van der Waals surface area contributed by atoms with E-state index in [0.717, 1.165) is 0 Å². The number of nitrogens with zero attached hydrogens (tertiary/aromatic N) is 1. The first-order valence-electron chi connectivity index (χ1n) is 5.19. The summed E-state index contributed by atoms with van der Waals surface area (Å²) in [6.45, 7) is 0. The van der Waals surface area contributed by atoms with Crippen molar-refractivity contribution in [3.05, 3.63) is 0 Å². The molecule has 2 rings (SSSR count). The molecule has 0 aliphatic carbocycles. The second-order valence-electron chi connectivity index (χ2n) is 4.05. The maximum absolute atomic E-state index is 11.5. The van der Waals surface area contributed by atoms with Gasteiger partial charge in [-0.1, -0.05) is 12.8 Å². The summed E-state index contributed by atoms with van der Waals surface area (Å²) in [5.74, 6) is 0. The Bertz CT molecular complexity index is 191. The van der Waals surface area contributed by atoms with Gasteiger partial charge in [0.05, 0.1) is 7.11 Å². The third-order valence-corrected chi connectivity index (χ3v) is 3.33. The number of carbonyl (C=O) groups excluding carboxylic acids is 1. The maximum Gasteiger partial charge on any atom is 0.409 e. The van der Waals surface area contributed by atoms with E-state index in [0.29, 0.717) is 12.1 Å². The number of hydrogen-bond acceptors (Lipinski definition) is 2. The largest absolute Gasteiger partial charge is 0.453 e. The molecule has 2 bridgehead atoms. The predicted molar refractivity (Wildman–Crippen MR) is 49.5 cm³/mol. The smallest absolute Gasteiger partial charge is 0.409 e. The molecule has 2 aliphatic rings. The second kappa shape index (κ2) is 3.56. The van der Waals surface area contributed by atoms with E-state index in [-0.39, 0.29) is 6.09 Å². The minimum atomic E-state index is -0.116. The lowest BCUT2D eigenvalue weighted by Gasteiger charge is -2.26. The molecule has 1 amide bonds. The minimum Gasteiger partial charge on any atom is -0.453 e. The summed E-state index contributed by atoms with van der Waals surface area (Å²) >= 11 is 0. The van der Waals surface area contributed by atoms with Gasteiger partial charge in [-0.2, -0.15) is 0 Å². The Kier molecular flexibility index (Phi) is 2.42. The molecule has 2 heterocycles. The van der Waals surface area contributed by atoms with Gasteiger partial charge in [0.1, 0.15) is 0 Å². The molecule has 2 aliphatic heterocycles. The van der Waals surface area contributed by atoms with Crippen molar-refractivity contribution >= 4 is 6.09 Å². The molecule has 2 unspecified atom stereocenters. The molecule has 2 fully saturated rings. The van der Waals surface area contributed by atoms with Crippen molar-refractivity contribution in [2.45, 2.75) is 50.6 Å². The average Bonchev–Trinajstić information content (AvgIpc) is 2.38. The van der Waals surface area contributed by atoms with Crippen LogP contribution in [-0.4, -0.2) is 30.2 Å². The van der Waals surface area contributed by atoms with Gasteiger partial charge in [-0.3, -0.25) is 0 Å². The summed E-state index contributed by atoms with van der Waals surface area (Å²) in [4.78, 5) is 13.5. The van der Waals surface area contributed by atoms with Gasteiger partial charge in [0.2, 0.25) is 0 Å². The number of rotatable bonds is 0. The van der Waals surface area contributed by atoms with E-state index < -0.39 is 0 Å². The number of carbonyl (C=O) groups is 1. The molecule has 0 aromatic rings. The van der Waals surface area contributed by atoms with Crippen LogP contribution in [0.2, 0.25) is 0 Å². The van der Waals surface area contributed by atoms with Crippen LogP contribution in [0, 0.1) is 0 Å². The van der Waals surface area contributed by atoms with Gasteiger partial charge in [0, 0.05) is 12.1 Å². The highest BCUT2D eigenvalue weighted by molar-refractivity contribution is 5.68. The standard InChI is InChI=1S/C10H17NO2/c1-13-10(12)11-8-4-2-3-5-9(11)7-6-8/h8-9H,2-7H2,1H3. The van der Waals surface area contributed by atoms with Gasteiger partial charge in [0.25, 0.3) is 0 Å². The highest BCUT2D eigenvalue weighted by atomic mass is 16.5. The summed E-state index contributed by atoms with van der Waals surface area (Å²) in [6, 6.07) is 0.944. The molecule has 0 aromatic carbocycles. The van der Waals surface area contributed by atoms with Gasteiger partial charge >= 0.3 is 6.09 Å². The van der Waals surface area contributed by atoms with Crippen molar-refractivity contribution < 1.29 is 9.53 Å². The SMILES string of the molecule is COC(=O)N1C2CCCCC1CC2. The molecular formula is C10H17NO2. The molecule has 0 radical (unpaired) electrons. The first-order valence-corrected chi connectivity index (χ1v) is 5.19. The van der Waals surface area contributed by atoms with Crippen LogP contribution in [0.1, 0.15) is 38.5 Å². The molecule has 3 heteroatoms. The van der Waals surface area contributed by atoms with Crippen molar-refractivity contribution in [3.63, 3.8) is 0 Å². The fourth-order valence-corrected chi connectivity index (χ4v) is 2.69. The molecule has 3 nitrogen and oxygen atoms in total. The van der Waals surface area contributed by atoms with Crippen LogP contribution in [-0.2, 0) is 4.74 Å². The molecule has 13 heavy (non-hydrogen) atoms. The first kappa shape index (κ1) is 8.85. The quantitative estimate of drug-likeness (QED) is 0.576. The lowest BCUT2D eigenvalue weighted by atomic mass is 10.0. The van der Waals surface area contributed by atoms with Crippen LogP contribution in [0.5, 0.6) is 0 Å². The molecule has 2 saturated heterocycles. The molecule has 0 aromatic heterocycles. The number of methoxy groups -OCH3 is 1. The topological polar surface area (TPSA) is 29.5 Å². The number of fused-ring (bicyclic) bond motifs is 2.